The number of amides is 1. The van der Waals surface area contributed by atoms with Gasteiger partial charge >= 0.3 is 0 Å². The largest absolute Gasteiger partial charge is 0.493 e. The Labute approximate surface area is 132 Å². The molecule has 2 N–H and O–H groups in total. The summed E-state index contributed by atoms with van der Waals surface area (Å²) in [5.41, 5.74) is 8.59. The number of aryl methyl sites for hydroxylation is 2. The first-order valence-corrected chi connectivity index (χ1v) is 8.28. The van der Waals surface area contributed by atoms with Gasteiger partial charge in [0.25, 0.3) is 0 Å². The highest BCUT2D eigenvalue weighted by Gasteiger charge is 2.42. The van der Waals surface area contributed by atoms with Gasteiger partial charge < -0.3 is 15.4 Å². The van der Waals surface area contributed by atoms with Crippen LogP contribution < -0.4 is 10.5 Å². The van der Waals surface area contributed by atoms with Crippen LogP contribution >= 0.6 is 0 Å². The summed E-state index contributed by atoms with van der Waals surface area (Å²) in [5, 5.41) is 0. The average molecular weight is 302 g/mol. The third-order valence-corrected chi connectivity index (χ3v) is 5.33. The molecular formula is C18H26N2O2. The highest BCUT2D eigenvalue weighted by atomic mass is 16.5. The molecule has 2 fully saturated rings. The average Bonchev–Trinajstić information content (AvgIpc) is 3.05. The molecule has 22 heavy (non-hydrogen) atoms. The lowest BCUT2D eigenvalue weighted by molar-refractivity contribution is -0.131. The third kappa shape index (κ3) is 3.12. The molecule has 1 saturated heterocycles. The van der Waals surface area contributed by atoms with Crippen LogP contribution in [0.2, 0.25) is 0 Å². The highest BCUT2D eigenvalue weighted by Crippen LogP contribution is 2.37. The van der Waals surface area contributed by atoms with Crippen LogP contribution in [0.1, 0.15) is 30.4 Å². The van der Waals surface area contributed by atoms with Crippen LogP contribution in [0.5, 0.6) is 5.75 Å². The number of carbonyl (C=O) groups is 1. The minimum Gasteiger partial charge on any atom is -0.493 e. The molecule has 0 radical (unpaired) electrons. The molecule has 3 rings (SSSR count). The molecule has 1 aromatic carbocycles. The van der Waals surface area contributed by atoms with E-state index in [0.717, 1.165) is 25.3 Å². The number of likely N-dealkylation sites (tertiary alicyclic amines) is 1. The number of ether oxygens (including phenoxy) is 1. The fourth-order valence-electron chi connectivity index (χ4n) is 3.73. The number of rotatable bonds is 4. The molecule has 0 spiro atoms. The van der Waals surface area contributed by atoms with Gasteiger partial charge in [-0.3, -0.25) is 4.79 Å². The summed E-state index contributed by atoms with van der Waals surface area (Å²) < 4.78 is 5.71. The van der Waals surface area contributed by atoms with Gasteiger partial charge in [0.05, 0.1) is 13.0 Å². The lowest BCUT2D eigenvalue weighted by Gasteiger charge is -2.19. The zero-order valence-corrected chi connectivity index (χ0v) is 13.5. The van der Waals surface area contributed by atoms with Gasteiger partial charge in [0, 0.05) is 19.1 Å². The van der Waals surface area contributed by atoms with Crippen molar-refractivity contribution < 1.29 is 9.53 Å². The number of benzene rings is 1. The summed E-state index contributed by atoms with van der Waals surface area (Å²) in [6.07, 6.45) is 2.74. The molecule has 120 valence electrons. The molecular weight excluding hydrogens is 276 g/mol. The quantitative estimate of drug-likeness (QED) is 0.928. The highest BCUT2D eigenvalue weighted by molar-refractivity contribution is 5.76. The van der Waals surface area contributed by atoms with E-state index in [1.165, 1.54) is 17.5 Å². The molecule has 1 saturated carbocycles. The molecule has 1 amide bonds. The fraction of sp³-hybridized carbons (Fsp3) is 0.611. The maximum Gasteiger partial charge on any atom is 0.226 e. The van der Waals surface area contributed by atoms with Gasteiger partial charge in [-0.1, -0.05) is 6.07 Å². The van der Waals surface area contributed by atoms with Crippen LogP contribution in [-0.2, 0) is 4.79 Å². The zero-order valence-electron chi connectivity index (χ0n) is 13.5. The van der Waals surface area contributed by atoms with E-state index in [2.05, 4.69) is 19.9 Å². The molecule has 4 nitrogen and oxygen atoms in total. The van der Waals surface area contributed by atoms with Crippen LogP contribution in [0.15, 0.2) is 18.2 Å². The van der Waals surface area contributed by atoms with Crippen molar-refractivity contribution in [3.05, 3.63) is 29.3 Å². The van der Waals surface area contributed by atoms with Gasteiger partial charge in [-0.15, -0.1) is 0 Å². The minimum absolute atomic E-state index is 0.199. The van der Waals surface area contributed by atoms with E-state index in [1.807, 2.05) is 17.0 Å². The van der Waals surface area contributed by atoms with Crippen molar-refractivity contribution in [2.75, 3.05) is 19.7 Å². The Morgan fingerprint density at radius 3 is 2.82 bits per heavy atom. The second-order valence-corrected chi connectivity index (χ2v) is 6.81. The van der Waals surface area contributed by atoms with Gasteiger partial charge in [-0.05, 0) is 61.8 Å². The van der Waals surface area contributed by atoms with Crippen LogP contribution in [0.3, 0.4) is 0 Å². The Balaban J connectivity index is 1.46. The lowest BCUT2D eigenvalue weighted by atomic mass is 9.98. The number of nitrogens with two attached hydrogens (primary N) is 1. The molecule has 0 aromatic heterocycles. The predicted octanol–water partition coefficient (Wildman–Crippen LogP) is 2.27. The number of hydrogen-bond acceptors (Lipinski definition) is 3. The van der Waals surface area contributed by atoms with E-state index in [0.29, 0.717) is 24.9 Å². The number of carbonyl (C=O) groups excluding carboxylic acids is 1. The van der Waals surface area contributed by atoms with Crippen molar-refractivity contribution in [3.8, 4) is 5.75 Å². The van der Waals surface area contributed by atoms with E-state index < -0.39 is 0 Å². The smallest absolute Gasteiger partial charge is 0.226 e. The van der Waals surface area contributed by atoms with Crippen molar-refractivity contribution in [2.45, 2.75) is 39.2 Å². The van der Waals surface area contributed by atoms with Crippen LogP contribution in [-0.4, -0.2) is 36.5 Å². The predicted molar refractivity (Wildman–Crippen MR) is 86.8 cm³/mol. The van der Waals surface area contributed by atoms with Crippen molar-refractivity contribution in [3.63, 3.8) is 0 Å². The van der Waals surface area contributed by atoms with Crippen LogP contribution in [0.25, 0.3) is 0 Å². The first-order valence-electron chi connectivity index (χ1n) is 8.28. The summed E-state index contributed by atoms with van der Waals surface area (Å²) >= 11 is 0. The van der Waals surface area contributed by atoms with E-state index in [-0.39, 0.29) is 11.9 Å². The molecule has 0 bridgehead atoms. The molecule has 4 heteroatoms. The normalized spacial score (nSPS) is 27.0. The van der Waals surface area contributed by atoms with E-state index in [9.17, 15) is 4.79 Å². The standard InChI is InChI=1S/C18H26N2O2/c1-12-3-5-15(9-13(12)2)22-8-7-18(21)20-10-14-4-6-17(19)16(14)11-20/h3,5,9,14,16-17H,4,6-8,10-11,19H2,1-2H3. The van der Waals surface area contributed by atoms with E-state index in [4.69, 9.17) is 10.5 Å². The summed E-state index contributed by atoms with van der Waals surface area (Å²) in [7, 11) is 0. The number of nitrogens with zero attached hydrogens (tertiary/aromatic N) is 1. The Morgan fingerprint density at radius 1 is 1.27 bits per heavy atom. The van der Waals surface area contributed by atoms with Gasteiger partial charge in [0.2, 0.25) is 5.91 Å². The van der Waals surface area contributed by atoms with Gasteiger partial charge in [0.15, 0.2) is 0 Å². The number of hydrogen-bond donors (Lipinski definition) is 1. The third-order valence-electron chi connectivity index (χ3n) is 5.33. The summed E-state index contributed by atoms with van der Waals surface area (Å²) in [6.45, 7) is 6.32. The fourth-order valence-corrected chi connectivity index (χ4v) is 3.73. The van der Waals surface area contributed by atoms with Gasteiger partial charge in [-0.2, -0.15) is 0 Å². The van der Waals surface area contributed by atoms with Crippen LogP contribution in [0, 0.1) is 25.7 Å². The second-order valence-electron chi connectivity index (χ2n) is 6.81. The lowest BCUT2D eigenvalue weighted by Crippen LogP contribution is -2.34. The first-order chi connectivity index (χ1) is 10.5. The molecule has 1 aromatic rings. The summed E-state index contributed by atoms with van der Waals surface area (Å²) in [5.74, 6) is 2.19. The van der Waals surface area contributed by atoms with Crippen molar-refractivity contribution in [1.29, 1.82) is 0 Å². The monoisotopic (exact) mass is 302 g/mol. The Morgan fingerprint density at radius 2 is 2.09 bits per heavy atom. The Kier molecular flexibility index (Phi) is 4.39. The maximum atomic E-state index is 12.3. The van der Waals surface area contributed by atoms with Crippen molar-refractivity contribution in [2.24, 2.45) is 17.6 Å². The molecule has 3 unspecified atom stereocenters. The maximum absolute atomic E-state index is 12.3. The molecule has 3 atom stereocenters. The zero-order chi connectivity index (χ0) is 15.7. The first kappa shape index (κ1) is 15.3. The minimum atomic E-state index is 0.199. The molecule has 1 heterocycles. The van der Waals surface area contributed by atoms with Crippen LogP contribution in [0.4, 0.5) is 0 Å². The number of fused-ring (bicyclic) bond motifs is 1. The second kappa shape index (κ2) is 6.29. The van der Waals surface area contributed by atoms with Crippen molar-refractivity contribution in [1.82, 2.24) is 4.90 Å². The Bertz CT molecular complexity index is 558. The summed E-state index contributed by atoms with van der Waals surface area (Å²) in [6, 6.07) is 6.33. The SMILES string of the molecule is Cc1ccc(OCCC(=O)N2CC3CCC(N)C3C2)cc1C. The molecule has 1 aliphatic carbocycles. The topological polar surface area (TPSA) is 55.6 Å². The van der Waals surface area contributed by atoms with E-state index >= 15 is 0 Å². The Hall–Kier alpha value is -1.55. The molecule has 2 aliphatic rings. The summed E-state index contributed by atoms with van der Waals surface area (Å²) in [4.78, 5) is 14.3. The molecule has 1 aliphatic heterocycles. The van der Waals surface area contributed by atoms with Gasteiger partial charge in [0.1, 0.15) is 5.75 Å². The van der Waals surface area contributed by atoms with E-state index in [1.54, 1.807) is 0 Å². The van der Waals surface area contributed by atoms with Crippen molar-refractivity contribution >= 4 is 5.91 Å². The van der Waals surface area contributed by atoms with Gasteiger partial charge in [-0.25, -0.2) is 0 Å².